The Kier molecular flexibility index (Phi) is 7.17. The van der Waals surface area contributed by atoms with Crippen molar-refractivity contribution >= 4 is 27.4 Å². The molecule has 0 radical (unpaired) electrons. The van der Waals surface area contributed by atoms with E-state index in [1.807, 2.05) is 31.2 Å². The number of benzene rings is 2. The fourth-order valence-corrected chi connectivity index (χ4v) is 5.33. The van der Waals surface area contributed by atoms with Gasteiger partial charge in [0.05, 0.1) is 10.6 Å². The van der Waals surface area contributed by atoms with Gasteiger partial charge in [0, 0.05) is 44.0 Å². The first-order valence-electron chi connectivity index (χ1n) is 11.5. The number of nitrogens with one attached hydrogen (secondary N) is 1. The molecule has 1 aliphatic heterocycles. The number of sulfonamides is 1. The minimum absolute atomic E-state index is 0.0682. The summed E-state index contributed by atoms with van der Waals surface area (Å²) in [6, 6.07) is 17.2. The van der Waals surface area contributed by atoms with Crippen LogP contribution in [0.5, 0.6) is 0 Å². The van der Waals surface area contributed by atoms with Gasteiger partial charge in [0.2, 0.25) is 0 Å². The highest BCUT2D eigenvalue weighted by atomic mass is 32.2. The van der Waals surface area contributed by atoms with E-state index in [4.69, 9.17) is 0 Å². The molecule has 2 aromatic carbocycles. The van der Waals surface area contributed by atoms with Crippen molar-refractivity contribution in [3.63, 3.8) is 0 Å². The standard InChI is InChI=1S/C26H30N4O3S/c1-20-11-13-23(14-12-20)29(2)34(32,33)24-10-6-8-21(18-24)26(31)28-19-22-9-7-15-27-25(22)30-16-4-3-5-17-30/h6-15,18H,3-5,16-17,19H2,1-2H3,(H,28,31). The lowest BCUT2D eigenvalue weighted by molar-refractivity contribution is 0.0950. The second-order valence-corrected chi connectivity index (χ2v) is 10.5. The van der Waals surface area contributed by atoms with Crippen molar-refractivity contribution in [2.45, 2.75) is 37.6 Å². The Balaban J connectivity index is 1.49. The number of carbonyl (C=O) groups excluding carboxylic acids is 1. The molecule has 4 rings (SSSR count). The van der Waals surface area contributed by atoms with Crippen LogP contribution in [0.4, 0.5) is 11.5 Å². The third kappa shape index (κ3) is 5.22. The molecule has 2 heterocycles. The summed E-state index contributed by atoms with van der Waals surface area (Å²) in [4.78, 5) is 19.8. The quantitative estimate of drug-likeness (QED) is 0.552. The Morgan fingerprint density at radius 1 is 1.03 bits per heavy atom. The number of aryl methyl sites for hydroxylation is 1. The second kappa shape index (κ2) is 10.3. The van der Waals surface area contributed by atoms with Gasteiger partial charge in [0.15, 0.2) is 0 Å². The van der Waals surface area contributed by atoms with Crippen molar-refractivity contribution in [3.05, 3.63) is 83.6 Å². The van der Waals surface area contributed by atoms with Crippen LogP contribution in [-0.4, -0.2) is 39.4 Å². The van der Waals surface area contributed by atoms with Crippen LogP contribution in [0.2, 0.25) is 0 Å². The Morgan fingerprint density at radius 2 is 1.76 bits per heavy atom. The largest absolute Gasteiger partial charge is 0.356 e. The van der Waals surface area contributed by atoms with Crippen LogP contribution < -0.4 is 14.5 Å². The first-order chi connectivity index (χ1) is 16.4. The smallest absolute Gasteiger partial charge is 0.264 e. The number of nitrogens with zero attached hydrogens (tertiary/aromatic N) is 3. The van der Waals surface area contributed by atoms with E-state index in [0.29, 0.717) is 17.8 Å². The number of rotatable bonds is 7. The lowest BCUT2D eigenvalue weighted by Crippen LogP contribution is -2.32. The predicted molar refractivity (Wildman–Crippen MR) is 135 cm³/mol. The molecule has 0 unspecified atom stereocenters. The first-order valence-corrected chi connectivity index (χ1v) is 12.9. The topological polar surface area (TPSA) is 82.6 Å². The molecule has 1 aliphatic rings. The fourth-order valence-electron chi connectivity index (χ4n) is 4.09. The molecule has 178 valence electrons. The molecule has 1 amide bonds. The van der Waals surface area contributed by atoms with Gasteiger partial charge in [-0.1, -0.05) is 29.8 Å². The summed E-state index contributed by atoms with van der Waals surface area (Å²) < 4.78 is 27.6. The van der Waals surface area contributed by atoms with Gasteiger partial charge in [-0.15, -0.1) is 0 Å². The van der Waals surface area contributed by atoms with E-state index in [1.165, 1.54) is 29.9 Å². The number of amides is 1. The Bertz CT molecular complexity index is 1250. The normalized spacial score (nSPS) is 14.0. The molecule has 0 bridgehead atoms. The lowest BCUT2D eigenvalue weighted by atomic mass is 10.1. The van der Waals surface area contributed by atoms with Crippen LogP contribution in [0.25, 0.3) is 0 Å². The van der Waals surface area contributed by atoms with Gasteiger partial charge < -0.3 is 10.2 Å². The SMILES string of the molecule is Cc1ccc(N(C)S(=O)(=O)c2cccc(C(=O)NCc3cccnc3N3CCCCC3)c2)cc1. The average molecular weight is 479 g/mol. The van der Waals surface area contributed by atoms with Crippen molar-refractivity contribution in [1.29, 1.82) is 0 Å². The maximum Gasteiger partial charge on any atom is 0.264 e. The van der Waals surface area contributed by atoms with Crippen LogP contribution in [0.3, 0.4) is 0 Å². The number of anilines is 2. The van der Waals surface area contributed by atoms with Gasteiger partial charge in [-0.25, -0.2) is 13.4 Å². The summed E-state index contributed by atoms with van der Waals surface area (Å²) >= 11 is 0. The molecule has 1 fully saturated rings. The number of hydrogen-bond acceptors (Lipinski definition) is 5. The van der Waals surface area contributed by atoms with E-state index in [1.54, 1.807) is 30.5 Å². The van der Waals surface area contributed by atoms with Crippen molar-refractivity contribution < 1.29 is 13.2 Å². The Hall–Kier alpha value is -3.39. The van der Waals surface area contributed by atoms with Crippen LogP contribution in [0, 0.1) is 6.92 Å². The highest BCUT2D eigenvalue weighted by Gasteiger charge is 2.23. The van der Waals surface area contributed by atoms with Gasteiger partial charge >= 0.3 is 0 Å². The third-order valence-electron chi connectivity index (χ3n) is 6.11. The van der Waals surface area contributed by atoms with Crippen LogP contribution in [0.1, 0.15) is 40.7 Å². The van der Waals surface area contributed by atoms with Gasteiger partial charge in [-0.3, -0.25) is 9.10 Å². The second-order valence-electron chi connectivity index (χ2n) is 8.55. The molecule has 0 spiro atoms. The summed E-state index contributed by atoms with van der Waals surface area (Å²) in [7, 11) is -2.30. The van der Waals surface area contributed by atoms with Crippen molar-refractivity contribution in [2.75, 3.05) is 29.3 Å². The number of hydrogen-bond donors (Lipinski definition) is 1. The molecule has 0 atom stereocenters. The maximum atomic E-state index is 13.2. The summed E-state index contributed by atoms with van der Waals surface area (Å²) in [6.45, 7) is 4.19. The summed E-state index contributed by atoms with van der Waals surface area (Å²) in [5.74, 6) is 0.571. The monoisotopic (exact) mass is 478 g/mol. The zero-order valence-electron chi connectivity index (χ0n) is 19.6. The molecule has 1 N–H and O–H groups in total. The Labute approximate surface area is 201 Å². The lowest BCUT2D eigenvalue weighted by Gasteiger charge is -2.29. The minimum Gasteiger partial charge on any atom is -0.356 e. The summed E-state index contributed by atoms with van der Waals surface area (Å²) in [5, 5.41) is 2.93. The van der Waals surface area contributed by atoms with Gasteiger partial charge in [-0.05, 0) is 62.6 Å². The zero-order chi connectivity index (χ0) is 24.1. The van der Waals surface area contributed by atoms with E-state index in [-0.39, 0.29) is 10.8 Å². The molecule has 34 heavy (non-hydrogen) atoms. The van der Waals surface area contributed by atoms with E-state index >= 15 is 0 Å². The van der Waals surface area contributed by atoms with E-state index in [9.17, 15) is 13.2 Å². The van der Waals surface area contributed by atoms with Crippen molar-refractivity contribution in [2.24, 2.45) is 0 Å². The van der Waals surface area contributed by atoms with Crippen LogP contribution in [0.15, 0.2) is 71.8 Å². The molecule has 7 nitrogen and oxygen atoms in total. The molecule has 3 aromatic rings. The van der Waals surface area contributed by atoms with Crippen LogP contribution >= 0.6 is 0 Å². The number of carbonyl (C=O) groups is 1. The fraction of sp³-hybridized carbons (Fsp3) is 0.308. The maximum absolute atomic E-state index is 13.2. The average Bonchev–Trinajstić information content (AvgIpc) is 2.88. The third-order valence-corrected chi connectivity index (χ3v) is 7.90. The molecular weight excluding hydrogens is 448 g/mol. The first kappa shape index (κ1) is 23.8. The molecule has 0 saturated carbocycles. The van der Waals surface area contributed by atoms with E-state index in [0.717, 1.165) is 42.9 Å². The predicted octanol–water partition coefficient (Wildman–Crippen LogP) is 4.14. The van der Waals surface area contributed by atoms with Gasteiger partial charge in [0.1, 0.15) is 5.82 Å². The molecule has 0 aliphatic carbocycles. The number of aromatic nitrogens is 1. The zero-order valence-corrected chi connectivity index (χ0v) is 20.4. The van der Waals surface area contributed by atoms with Crippen LogP contribution in [-0.2, 0) is 16.6 Å². The molecule has 1 aromatic heterocycles. The number of piperidine rings is 1. The molecule has 1 saturated heterocycles. The highest BCUT2D eigenvalue weighted by molar-refractivity contribution is 7.92. The van der Waals surface area contributed by atoms with E-state index < -0.39 is 10.0 Å². The summed E-state index contributed by atoms with van der Waals surface area (Å²) in [5.41, 5.74) is 2.84. The van der Waals surface area contributed by atoms with E-state index in [2.05, 4.69) is 15.2 Å². The highest BCUT2D eigenvalue weighted by Crippen LogP contribution is 2.24. The summed E-state index contributed by atoms with van der Waals surface area (Å²) in [6.07, 6.45) is 5.28. The Morgan fingerprint density at radius 3 is 2.50 bits per heavy atom. The van der Waals surface area contributed by atoms with Crippen molar-refractivity contribution in [1.82, 2.24) is 10.3 Å². The molecular formula is C26H30N4O3S. The van der Waals surface area contributed by atoms with Crippen molar-refractivity contribution in [3.8, 4) is 0 Å². The minimum atomic E-state index is -3.81. The van der Waals surface area contributed by atoms with Gasteiger partial charge in [-0.2, -0.15) is 0 Å². The van der Waals surface area contributed by atoms with Gasteiger partial charge in [0.25, 0.3) is 15.9 Å². The molecule has 8 heteroatoms. The number of pyridine rings is 1.